The van der Waals surface area contributed by atoms with Gasteiger partial charge in [-0.3, -0.25) is 0 Å². The monoisotopic (exact) mass is 288 g/mol. The summed E-state index contributed by atoms with van der Waals surface area (Å²) in [6.45, 7) is 6.64. The Bertz CT molecular complexity index is 405. The van der Waals surface area contributed by atoms with Crippen molar-refractivity contribution in [1.29, 1.82) is 0 Å². The van der Waals surface area contributed by atoms with E-state index in [0.717, 1.165) is 12.8 Å². The van der Waals surface area contributed by atoms with Crippen LogP contribution in [0, 0.1) is 0 Å². The lowest BCUT2D eigenvalue weighted by Gasteiger charge is -2.28. The molecular weight excluding hydrogens is 268 g/mol. The van der Waals surface area contributed by atoms with E-state index in [-0.39, 0.29) is 23.4 Å². The molecule has 0 aliphatic carbocycles. The molecule has 1 atom stereocenters. The van der Waals surface area contributed by atoms with Crippen molar-refractivity contribution in [3.63, 3.8) is 0 Å². The van der Waals surface area contributed by atoms with E-state index in [9.17, 15) is 0 Å². The standard InChI is InChI=1S/C12H21ClN4O2/c1-4-8-19-11-15-9(13)14-10(16-11)17-12(3,5-2)6-7-18/h18H,4-8H2,1-3H3,(H,14,15,16,17). The molecule has 0 saturated carbocycles. The van der Waals surface area contributed by atoms with Crippen LogP contribution in [0.3, 0.4) is 0 Å². The van der Waals surface area contributed by atoms with Crippen molar-refractivity contribution in [1.82, 2.24) is 15.0 Å². The first-order valence-electron chi connectivity index (χ1n) is 6.46. The minimum absolute atomic E-state index is 0.0889. The normalized spacial score (nSPS) is 13.9. The second kappa shape index (κ2) is 7.45. The predicted molar refractivity (Wildman–Crippen MR) is 74.6 cm³/mol. The van der Waals surface area contributed by atoms with Gasteiger partial charge in [0.15, 0.2) is 0 Å². The van der Waals surface area contributed by atoms with E-state index in [2.05, 4.69) is 20.3 Å². The Morgan fingerprint density at radius 3 is 2.63 bits per heavy atom. The Morgan fingerprint density at radius 2 is 2.05 bits per heavy atom. The molecule has 19 heavy (non-hydrogen) atoms. The molecule has 0 fully saturated rings. The third kappa shape index (κ3) is 5.16. The topological polar surface area (TPSA) is 80.2 Å². The number of rotatable bonds is 8. The second-order valence-corrected chi connectivity index (χ2v) is 4.91. The number of nitrogens with one attached hydrogen (secondary N) is 1. The van der Waals surface area contributed by atoms with Crippen molar-refractivity contribution in [2.24, 2.45) is 0 Å². The maximum atomic E-state index is 9.09. The molecule has 0 aromatic carbocycles. The Balaban J connectivity index is 2.84. The lowest BCUT2D eigenvalue weighted by molar-refractivity contribution is 0.251. The highest BCUT2D eigenvalue weighted by molar-refractivity contribution is 6.28. The molecule has 7 heteroatoms. The Hall–Kier alpha value is -1.14. The smallest absolute Gasteiger partial charge is 0.322 e. The van der Waals surface area contributed by atoms with Crippen molar-refractivity contribution >= 4 is 17.5 Å². The highest BCUT2D eigenvalue weighted by atomic mass is 35.5. The van der Waals surface area contributed by atoms with Gasteiger partial charge >= 0.3 is 6.01 Å². The number of nitrogens with zero attached hydrogens (tertiary/aromatic N) is 3. The minimum Gasteiger partial charge on any atom is -0.463 e. The summed E-state index contributed by atoms with van der Waals surface area (Å²) in [6.07, 6.45) is 2.28. The molecule has 0 bridgehead atoms. The fourth-order valence-corrected chi connectivity index (χ4v) is 1.64. The molecule has 0 radical (unpaired) electrons. The minimum atomic E-state index is -0.290. The van der Waals surface area contributed by atoms with Crippen molar-refractivity contribution in [3.8, 4) is 6.01 Å². The van der Waals surface area contributed by atoms with Gasteiger partial charge in [0, 0.05) is 12.1 Å². The van der Waals surface area contributed by atoms with Gasteiger partial charge in [-0.1, -0.05) is 13.8 Å². The molecule has 0 spiro atoms. The van der Waals surface area contributed by atoms with Crippen LogP contribution >= 0.6 is 11.6 Å². The van der Waals surface area contributed by atoms with Crippen LogP contribution in [0.1, 0.15) is 40.0 Å². The number of aliphatic hydroxyl groups excluding tert-OH is 1. The van der Waals surface area contributed by atoms with Crippen LogP contribution in [0.4, 0.5) is 5.95 Å². The zero-order valence-corrected chi connectivity index (χ0v) is 12.4. The summed E-state index contributed by atoms with van der Waals surface area (Å²) in [5.41, 5.74) is -0.290. The number of hydrogen-bond donors (Lipinski definition) is 2. The van der Waals surface area contributed by atoms with Gasteiger partial charge in [0.1, 0.15) is 0 Å². The fourth-order valence-electron chi connectivity index (χ4n) is 1.49. The highest BCUT2D eigenvalue weighted by Gasteiger charge is 2.23. The Kier molecular flexibility index (Phi) is 6.24. The van der Waals surface area contributed by atoms with Crippen molar-refractivity contribution in [3.05, 3.63) is 5.28 Å². The summed E-state index contributed by atoms with van der Waals surface area (Å²) < 4.78 is 5.35. The number of aromatic nitrogens is 3. The summed E-state index contributed by atoms with van der Waals surface area (Å²) in [5.74, 6) is 0.365. The van der Waals surface area contributed by atoms with E-state index in [4.69, 9.17) is 21.4 Å². The van der Waals surface area contributed by atoms with Crippen LogP contribution in [0.15, 0.2) is 0 Å². The molecule has 1 aromatic heterocycles. The Labute approximate surface area is 118 Å². The van der Waals surface area contributed by atoms with Gasteiger partial charge in [-0.05, 0) is 37.8 Å². The summed E-state index contributed by atoms with van der Waals surface area (Å²) in [5, 5.41) is 12.4. The molecule has 2 N–H and O–H groups in total. The number of anilines is 1. The Morgan fingerprint density at radius 1 is 1.32 bits per heavy atom. The molecule has 0 saturated heterocycles. The lowest BCUT2D eigenvalue weighted by atomic mass is 9.95. The SMILES string of the molecule is CCCOc1nc(Cl)nc(NC(C)(CC)CCO)n1. The van der Waals surface area contributed by atoms with E-state index < -0.39 is 0 Å². The highest BCUT2D eigenvalue weighted by Crippen LogP contribution is 2.21. The van der Waals surface area contributed by atoms with Crippen LogP contribution in [0.5, 0.6) is 6.01 Å². The zero-order chi connectivity index (χ0) is 14.3. The van der Waals surface area contributed by atoms with Crippen molar-refractivity contribution in [2.75, 3.05) is 18.5 Å². The first-order valence-corrected chi connectivity index (χ1v) is 6.84. The predicted octanol–water partition coefficient (Wildman–Crippen LogP) is 2.28. The fraction of sp³-hybridized carbons (Fsp3) is 0.750. The van der Waals surface area contributed by atoms with Crippen molar-refractivity contribution < 1.29 is 9.84 Å². The van der Waals surface area contributed by atoms with Gasteiger partial charge in [-0.25, -0.2) is 0 Å². The number of ether oxygens (including phenoxy) is 1. The average Bonchev–Trinajstić information content (AvgIpc) is 2.36. The molecule has 0 aliphatic rings. The molecule has 0 amide bonds. The summed E-state index contributed by atoms with van der Waals surface area (Å²) >= 11 is 5.85. The van der Waals surface area contributed by atoms with E-state index in [1.54, 1.807) is 0 Å². The van der Waals surface area contributed by atoms with Gasteiger partial charge in [0.2, 0.25) is 11.2 Å². The lowest BCUT2D eigenvalue weighted by Crippen LogP contribution is -2.35. The van der Waals surface area contributed by atoms with E-state index in [1.165, 1.54) is 0 Å². The number of hydrogen-bond acceptors (Lipinski definition) is 6. The quantitative estimate of drug-likeness (QED) is 0.764. The summed E-state index contributed by atoms with van der Waals surface area (Å²) in [4.78, 5) is 12.1. The van der Waals surface area contributed by atoms with Gasteiger partial charge in [0.25, 0.3) is 0 Å². The van der Waals surface area contributed by atoms with E-state index in [1.807, 2.05) is 20.8 Å². The van der Waals surface area contributed by atoms with E-state index >= 15 is 0 Å². The van der Waals surface area contributed by atoms with Gasteiger partial charge in [-0.15, -0.1) is 0 Å². The molecule has 108 valence electrons. The molecule has 1 aromatic rings. The van der Waals surface area contributed by atoms with Gasteiger partial charge in [-0.2, -0.15) is 15.0 Å². The average molecular weight is 289 g/mol. The third-order valence-corrected chi connectivity index (χ3v) is 3.05. The molecular formula is C12H21ClN4O2. The van der Waals surface area contributed by atoms with Crippen molar-refractivity contribution in [2.45, 2.75) is 45.6 Å². The first kappa shape index (κ1) is 15.9. The third-order valence-electron chi connectivity index (χ3n) is 2.88. The van der Waals surface area contributed by atoms with Gasteiger partial charge < -0.3 is 15.2 Å². The van der Waals surface area contributed by atoms with Crippen LogP contribution < -0.4 is 10.1 Å². The molecule has 1 heterocycles. The van der Waals surface area contributed by atoms with E-state index in [0.29, 0.717) is 19.0 Å². The van der Waals surface area contributed by atoms with Crippen LogP contribution in [0.2, 0.25) is 5.28 Å². The molecule has 1 unspecified atom stereocenters. The zero-order valence-electron chi connectivity index (χ0n) is 11.6. The molecule has 0 aliphatic heterocycles. The van der Waals surface area contributed by atoms with Crippen LogP contribution in [-0.4, -0.2) is 38.8 Å². The largest absolute Gasteiger partial charge is 0.463 e. The second-order valence-electron chi connectivity index (χ2n) is 4.57. The maximum Gasteiger partial charge on any atom is 0.322 e. The van der Waals surface area contributed by atoms with Crippen LogP contribution in [0.25, 0.3) is 0 Å². The number of halogens is 1. The number of aliphatic hydroxyl groups is 1. The van der Waals surface area contributed by atoms with Crippen LogP contribution in [-0.2, 0) is 0 Å². The molecule has 1 rings (SSSR count). The maximum absolute atomic E-state index is 9.09. The first-order chi connectivity index (χ1) is 9.03. The van der Waals surface area contributed by atoms with Gasteiger partial charge in [0.05, 0.1) is 6.61 Å². The summed E-state index contributed by atoms with van der Waals surface area (Å²) in [7, 11) is 0. The summed E-state index contributed by atoms with van der Waals surface area (Å²) in [6, 6.07) is 0.215. The molecule has 6 nitrogen and oxygen atoms in total.